The Labute approximate surface area is 204 Å². The number of amides is 1. The van der Waals surface area contributed by atoms with Crippen LogP contribution in [0.1, 0.15) is 15.9 Å². The first kappa shape index (κ1) is 23.9. The smallest absolute Gasteiger partial charge is 0.255 e. The summed E-state index contributed by atoms with van der Waals surface area (Å²) in [6, 6.07) is 24.2. The molecule has 9 heteroatoms. The third-order valence-electron chi connectivity index (χ3n) is 4.96. The Morgan fingerprint density at radius 1 is 0.943 bits per heavy atom. The number of benzene rings is 3. The monoisotopic (exact) mass is 488 g/mol. The normalized spacial score (nSPS) is 11.0. The zero-order valence-electron chi connectivity index (χ0n) is 19.0. The van der Waals surface area contributed by atoms with E-state index in [1.165, 1.54) is 18.0 Å². The number of nitrogens with one attached hydrogen (secondary N) is 2. The molecule has 1 amide bonds. The number of sulfonamides is 1. The van der Waals surface area contributed by atoms with E-state index in [0.717, 1.165) is 18.4 Å². The van der Waals surface area contributed by atoms with E-state index in [1.54, 1.807) is 36.4 Å². The molecular formula is C26H24N4O4S. The van der Waals surface area contributed by atoms with Gasteiger partial charge in [0.05, 0.1) is 31.0 Å². The summed E-state index contributed by atoms with van der Waals surface area (Å²) in [5, 5.41) is 2.87. The summed E-state index contributed by atoms with van der Waals surface area (Å²) in [4.78, 5) is 21.1. The van der Waals surface area contributed by atoms with Gasteiger partial charge in [-0.1, -0.05) is 42.5 Å². The Bertz CT molecular complexity index is 1410. The lowest BCUT2D eigenvalue weighted by Crippen LogP contribution is -2.12. The molecule has 1 heterocycles. The van der Waals surface area contributed by atoms with Crippen molar-refractivity contribution in [2.24, 2.45) is 0 Å². The molecule has 1 aromatic heterocycles. The molecule has 0 bridgehead atoms. The third kappa shape index (κ3) is 7.12. The van der Waals surface area contributed by atoms with Gasteiger partial charge >= 0.3 is 0 Å². The minimum Gasteiger partial charge on any atom is -0.493 e. The molecule has 0 atom stereocenters. The highest BCUT2D eigenvalue weighted by Crippen LogP contribution is 2.21. The first-order chi connectivity index (χ1) is 16.9. The Morgan fingerprint density at radius 2 is 1.71 bits per heavy atom. The molecule has 3 aromatic carbocycles. The van der Waals surface area contributed by atoms with Crippen molar-refractivity contribution in [3.63, 3.8) is 0 Å². The molecule has 4 rings (SSSR count). The van der Waals surface area contributed by atoms with Crippen LogP contribution in [0.5, 0.6) is 5.75 Å². The van der Waals surface area contributed by atoms with Crippen molar-refractivity contribution >= 4 is 27.4 Å². The number of hydrogen-bond donors (Lipinski definition) is 2. The zero-order valence-corrected chi connectivity index (χ0v) is 19.8. The van der Waals surface area contributed by atoms with Gasteiger partial charge in [-0.15, -0.1) is 0 Å². The van der Waals surface area contributed by atoms with Gasteiger partial charge in [0.1, 0.15) is 5.75 Å². The molecule has 2 N–H and O–H groups in total. The van der Waals surface area contributed by atoms with E-state index >= 15 is 0 Å². The quantitative estimate of drug-likeness (QED) is 0.362. The highest BCUT2D eigenvalue weighted by molar-refractivity contribution is 7.92. The Kier molecular flexibility index (Phi) is 7.37. The maximum absolute atomic E-state index is 12.8. The molecule has 178 valence electrons. The number of ether oxygens (including phenoxy) is 1. The molecule has 8 nitrogen and oxygen atoms in total. The summed E-state index contributed by atoms with van der Waals surface area (Å²) >= 11 is 0. The van der Waals surface area contributed by atoms with Crippen LogP contribution in [-0.4, -0.2) is 37.2 Å². The summed E-state index contributed by atoms with van der Waals surface area (Å²) in [6.45, 7) is 0.562. The molecule has 0 radical (unpaired) electrons. The van der Waals surface area contributed by atoms with E-state index in [4.69, 9.17) is 4.74 Å². The molecule has 4 aromatic rings. The van der Waals surface area contributed by atoms with Crippen molar-refractivity contribution in [1.82, 2.24) is 9.97 Å². The number of anilines is 2. The fourth-order valence-corrected chi connectivity index (χ4v) is 3.81. The summed E-state index contributed by atoms with van der Waals surface area (Å²) in [5.41, 5.74) is 3.33. The van der Waals surface area contributed by atoms with Crippen LogP contribution in [0, 0.1) is 0 Å². The second-order valence-electron chi connectivity index (χ2n) is 7.81. The zero-order chi connectivity index (χ0) is 24.7. The summed E-state index contributed by atoms with van der Waals surface area (Å²) in [5.74, 6) is 0.538. The lowest BCUT2D eigenvalue weighted by molar-refractivity contribution is 0.102. The van der Waals surface area contributed by atoms with Gasteiger partial charge in [0.25, 0.3) is 5.91 Å². The first-order valence-electron chi connectivity index (χ1n) is 10.8. The highest BCUT2D eigenvalue weighted by atomic mass is 32.2. The first-order valence-corrected chi connectivity index (χ1v) is 12.7. The van der Waals surface area contributed by atoms with Crippen molar-refractivity contribution in [3.05, 3.63) is 102 Å². The highest BCUT2D eigenvalue weighted by Gasteiger charge is 2.11. The van der Waals surface area contributed by atoms with Crippen molar-refractivity contribution < 1.29 is 17.9 Å². The molecule has 0 saturated heterocycles. The van der Waals surface area contributed by atoms with Crippen LogP contribution in [0.2, 0.25) is 0 Å². The lowest BCUT2D eigenvalue weighted by atomic mass is 10.1. The lowest BCUT2D eigenvalue weighted by Gasteiger charge is -2.10. The second-order valence-corrected chi connectivity index (χ2v) is 9.56. The number of carbonyl (C=O) groups is 1. The van der Waals surface area contributed by atoms with Crippen molar-refractivity contribution in [1.29, 1.82) is 0 Å². The van der Waals surface area contributed by atoms with Gasteiger partial charge in [0, 0.05) is 23.2 Å². The van der Waals surface area contributed by atoms with Gasteiger partial charge in [-0.05, 0) is 42.0 Å². The van der Waals surface area contributed by atoms with Gasteiger partial charge < -0.3 is 10.1 Å². The molecule has 0 fully saturated rings. The maximum Gasteiger partial charge on any atom is 0.255 e. The molecular weight excluding hydrogens is 464 g/mol. The number of hydrogen-bond acceptors (Lipinski definition) is 6. The molecule has 0 spiro atoms. The van der Waals surface area contributed by atoms with E-state index in [0.29, 0.717) is 29.1 Å². The van der Waals surface area contributed by atoms with Crippen LogP contribution in [0.3, 0.4) is 0 Å². The Hall–Kier alpha value is -4.24. The molecule has 35 heavy (non-hydrogen) atoms. The summed E-state index contributed by atoms with van der Waals surface area (Å²) in [6.07, 6.45) is 4.67. The fraction of sp³-hybridized carbons (Fsp3) is 0.115. The number of rotatable bonds is 9. The van der Waals surface area contributed by atoms with Crippen LogP contribution >= 0.6 is 0 Å². The average molecular weight is 489 g/mol. The van der Waals surface area contributed by atoms with Crippen LogP contribution in [0.25, 0.3) is 11.3 Å². The summed E-state index contributed by atoms with van der Waals surface area (Å²) in [7, 11) is -3.48. The van der Waals surface area contributed by atoms with E-state index in [2.05, 4.69) is 32.1 Å². The van der Waals surface area contributed by atoms with Gasteiger partial charge in [0.15, 0.2) is 5.82 Å². The van der Waals surface area contributed by atoms with E-state index in [-0.39, 0.29) is 11.7 Å². The van der Waals surface area contributed by atoms with Crippen molar-refractivity contribution in [2.75, 3.05) is 22.9 Å². The standard InChI is InChI=1S/C26H24N4O4S/c1-35(32,33)30-25-18-27-17-24(29-25)20-8-5-9-21(16-20)26(31)28-22-10-12-23(13-11-22)34-15-14-19-6-3-2-4-7-19/h2-13,16-18H,14-15H2,1H3,(H,28,31)(H,29,30). The van der Waals surface area contributed by atoms with Crippen LogP contribution in [0.4, 0.5) is 11.5 Å². The predicted molar refractivity (Wildman–Crippen MR) is 136 cm³/mol. The molecule has 0 aliphatic carbocycles. The molecule has 0 aliphatic rings. The maximum atomic E-state index is 12.8. The van der Waals surface area contributed by atoms with E-state index < -0.39 is 10.0 Å². The molecule has 0 unspecified atom stereocenters. The molecule has 0 aliphatic heterocycles. The minimum atomic E-state index is -3.48. The van der Waals surface area contributed by atoms with Crippen molar-refractivity contribution in [2.45, 2.75) is 6.42 Å². The average Bonchev–Trinajstić information content (AvgIpc) is 2.85. The number of aromatic nitrogens is 2. The molecule has 0 saturated carbocycles. The van der Waals surface area contributed by atoms with Gasteiger partial charge in [-0.2, -0.15) is 0 Å². The van der Waals surface area contributed by atoms with E-state index in [9.17, 15) is 13.2 Å². The summed E-state index contributed by atoms with van der Waals surface area (Å²) < 4.78 is 31.0. The number of carbonyl (C=O) groups excluding carboxylic acids is 1. The van der Waals surface area contributed by atoms with Crippen LogP contribution in [-0.2, 0) is 16.4 Å². The largest absolute Gasteiger partial charge is 0.493 e. The Balaban J connectivity index is 1.38. The predicted octanol–water partition coefficient (Wildman–Crippen LogP) is 4.39. The fourth-order valence-electron chi connectivity index (χ4n) is 3.33. The van der Waals surface area contributed by atoms with E-state index in [1.807, 2.05) is 30.3 Å². The minimum absolute atomic E-state index is 0.103. The van der Waals surface area contributed by atoms with Gasteiger partial charge in [-0.25, -0.2) is 13.4 Å². The Morgan fingerprint density at radius 3 is 2.46 bits per heavy atom. The van der Waals surface area contributed by atoms with Crippen LogP contribution in [0.15, 0.2) is 91.3 Å². The van der Waals surface area contributed by atoms with Crippen LogP contribution < -0.4 is 14.8 Å². The topological polar surface area (TPSA) is 110 Å². The van der Waals surface area contributed by atoms with Gasteiger partial charge in [-0.3, -0.25) is 14.5 Å². The third-order valence-corrected chi connectivity index (χ3v) is 5.54. The SMILES string of the molecule is CS(=O)(=O)Nc1cncc(-c2cccc(C(=O)Nc3ccc(OCCc4ccccc4)cc3)c2)n1. The second kappa shape index (κ2) is 10.8. The van der Waals surface area contributed by atoms with Crippen molar-refractivity contribution in [3.8, 4) is 17.0 Å². The number of nitrogens with zero attached hydrogens (tertiary/aromatic N) is 2. The van der Waals surface area contributed by atoms with Gasteiger partial charge in [0.2, 0.25) is 10.0 Å².